The van der Waals surface area contributed by atoms with Gasteiger partial charge in [-0.1, -0.05) is 26.8 Å². The maximum absolute atomic E-state index is 10.4. The van der Waals surface area contributed by atoms with Crippen molar-refractivity contribution < 1.29 is 10.2 Å². The van der Waals surface area contributed by atoms with Crippen LogP contribution in [0.5, 0.6) is 5.75 Å². The molecule has 2 N–H and O–H groups in total. The van der Waals surface area contributed by atoms with Crippen LogP contribution in [0.15, 0.2) is 18.2 Å². The van der Waals surface area contributed by atoms with E-state index in [1.807, 2.05) is 12.1 Å². The Morgan fingerprint density at radius 1 is 1.22 bits per heavy atom. The zero-order valence-electron chi connectivity index (χ0n) is 14.6. The van der Waals surface area contributed by atoms with Crippen molar-refractivity contribution in [1.82, 2.24) is 4.90 Å². The minimum atomic E-state index is -0.419. The van der Waals surface area contributed by atoms with E-state index < -0.39 is 5.60 Å². The van der Waals surface area contributed by atoms with Crippen molar-refractivity contribution in [2.24, 2.45) is 5.41 Å². The van der Waals surface area contributed by atoms with Crippen LogP contribution in [0.3, 0.4) is 0 Å². The van der Waals surface area contributed by atoms with Crippen molar-refractivity contribution in [3.05, 3.63) is 29.3 Å². The van der Waals surface area contributed by atoms with E-state index in [9.17, 15) is 10.2 Å². The predicted molar refractivity (Wildman–Crippen MR) is 91.7 cm³/mol. The maximum atomic E-state index is 10.4. The van der Waals surface area contributed by atoms with Gasteiger partial charge in [-0.25, -0.2) is 0 Å². The fraction of sp³-hybridized carbons (Fsp3) is 0.700. The smallest absolute Gasteiger partial charge is 0.115 e. The second kappa shape index (κ2) is 4.73. The molecule has 2 atom stereocenters. The number of nitrogens with zero attached hydrogens (tertiary/aromatic N) is 1. The molecule has 0 amide bonds. The summed E-state index contributed by atoms with van der Waals surface area (Å²) in [6.07, 6.45) is 5.16. The number of β-amino-alcohol motifs (C(OH)–C–C–N with tert-alkyl or cyclic N) is 1. The second-order valence-corrected chi connectivity index (χ2v) is 8.66. The Kier molecular flexibility index (Phi) is 3.18. The molecule has 0 spiro atoms. The number of piperidine rings is 1. The molecule has 126 valence electrons. The number of benzene rings is 1. The normalized spacial score (nSPS) is 34.0. The summed E-state index contributed by atoms with van der Waals surface area (Å²) < 4.78 is 0. The summed E-state index contributed by atoms with van der Waals surface area (Å²) in [7, 11) is 0. The lowest BCUT2D eigenvalue weighted by Gasteiger charge is -2.62. The summed E-state index contributed by atoms with van der Waals surface area (Å²) >= 11 is 0. The SMILES string of the molecule is CC[C@]12CCN(CC3(O)CC3)[C@@H](Cc3ccc(O)cc31)C2(C)C. The molecule has 1 aliphatic heterocycles. The Labute approximate surface area is 139 Å². The van der Waals surface area contributed by atoms with E-state index in [1.54, 1.807) is 0 Å². The van der Waals surface area contributed by atoms with E-state index in [2.05, 4.69) is 31.7 Å². The lowest BCUT2D eigenvalue weighted by Crippen LogP contribution is -2.65. The molecule has 0 aromatic heterocycles. The van der Waals surface area contributed by atoms with Crippen LogP contribution in [0.1, 0.15) is 57.6 Å². The monoisotopic (exact) mass is 315 g/mol. The fourth-order valence-electron chi connectivity index (χ4n) is 5.54. The van der Waals surface area contributed by atoms with Crippen molar-refractivity contribution in [2.45, 2.75) is 69.9 Å². The topological polar surface area (TPSA) is 43.7 Å². The third-order valence-corrected chi connectivity index (χ3v) is 7.28. The van der Waals surface area contributed by atoms with Crippen LogP contribution in [0, 0.1) is 5.41 Å². The van der Waals surface area contributed by atoms with Gasteiger partial charge < -0.3 is 10.2 Å². The minimum absolute atomic E-state index is 0.132. The van der Waals surface area contributed by atoms with Crippen LogP contribution in [-0.2, 0) is 11.8 Å². The molecule has 3 heteroatoms. The van der Waals surface area contributed by atoms with E-state index >= 15 is 0 Å². The molecule has 2 fully saturated rings. The van der Waals surface area contributed by atoms with Gasteiger partial charge in [-0.05, 0) is 67.3 Å². The van der Waals surface area contributed by atoms with Crippen molar-refractivity contribution in [3.63, 3.8) is 0 Å². The molecule has 1 heterocycles. The summed E-state index contributed by atoms with van der Waals surface area (Å²) in [5, 5.41) is 20.5. The molecule has 1 saturated heterocycles. The molecule has 2 bridgehead atoms. The lowest BCUT2D eigenvalue weighted by molar-refractivity contribution is -0.0665. The molecule has 3 nitrogen and oxygen atoms in total. The van der Waals surface area contributed by atoms with Gasteiger partial charge in [0.15, 0.2) is 0 Å². The number of hydrogen-bond acceptors (Lipinski definition) is 3. The lowest BCUT2D eigenvalue weighted by atomic mass is 9.49. The molecule has 0 unspecified atom stereocenters. The van der Waals surface area contributed by atoms with E-state index in [0.717, 1.165) is 45.2 Å². The van der Waals surface area contributed by atoms with Gasteiger partial charge in [0.25, 0.3) is 0 Å². The Morgan fingerprint density at radius 3 is 2.61 bits per heavy atom. The van der Waals surface area contributed by atoms with Gasteiger partial charge in [0, 0.05) is 18.0 Å². The van der Waals surface area contributed by atoms with Crippen LogP contribution >= 0.6 is 0 Å². The van der Waals surface area contributed by atoms with Gasteiger partial charge in [0.1, 0.15) is 5.75 Å². The van der Waals surface area contributed by atoms with E-state index in [0.29, 0.717) is 11.8 Å². The molecule has 4 rings (SSSR count). The number of rotatable bonds is 3. The molecule has 1 aromatic rings. The summed E-state index contributed by atoms with van der Waals surface area (Å²) in [6, 6.07) is 6.43. The van der Waals surface area contributed by atoms with Crippen LogP contribution in [-0.4, -0.2) is 39.8 Å². The predicted octanol–water partition coefficient (Wildman–Crippen LogP) is 3.22. The molecule has 23 heavy (non-hydrogen) atoms. The number of phenolic OH excluding ortho intramolecular Hbond substituents is 1. The third kappa shape index (κ3) is 2.09. The highest BCUT2D eigenvalue weighted by molar-refractivity contribution is 5.46. The largest absolute Gasteiger partial charge is 0.508 e. The van der Waals surface area contributed by atoms with Crippen molar-refractivity contribution >= 4 is 0 Å². The first-order valence-electron chi connectivity index (χ1n) is 9.10. The van der Waals surface area contributed by atoms with Gasteiger partial charge >= 0.3 is 0 Å². The number of aliphatic hydroxyl groups is 1. The van der Waals surface area contributed by atoms with Crippen LogP contribution < -0.4 is 0 Å². The van der Waals surface area contributed by atoms with Crippen molar-refractivity contribution in [3.8, 4) is 5.75 Å². The van der Waals surface area contributed by atoms with Gasteiger partial charge in [-0.15, -0.1) is 0 Å². The molecule has 2 aliphatic carbocycles. The second-order valence-electron chi connectivity index (χ2n) is 8.66. The zero-order valence-corrected chi connectivity index (χ0v) is 14.6. The summed E-state index contributed by atoms with van der Waals surface area (Å²) in [6.45, 7) is 8.98. The van der Waals surface area contributed by atoms with E-state index in [4.69, 9.17) is 0 Å². The average molecular weight is 315 g/mol. The van der Waals surface area contributed by atoms with Crippen molar-refractivity contribution in [2.75, 3.05) is 13.1 Å². The molecular weight excluding hydrogens is 286 g/mol. The van der Waals surface area contributed by atoms with Crippen LogP contribution in [0.2, 0.25) is 0 Å². The van der Waals surface area contributed by atoms with Crippen molar-refractivity contribution in [1.29, 1.82) is 0 Å². The first-order chi connectivity index (χ1) is 10.8. The summed E-state index contributed by atoms with van der Waals surface area (Å²) in [4.78, 5) is 2.55. The highest BCUT2D eigenvalue weighted by atomic mass is 16.3. The first kappa shape index (κ1) is 15.5. The van der Waals surface area contributed by atoms with Gasteiger partial charge in [-0.2, -0.15) is 0 Å². The number of phenols is 1. The Balaban J connectivity index is 1.79. The van der Waals surface area contributed by atoms with Gasteiger partial charge in [-0.3, -0.25) is 4.90 Å². The fourth-order valence-corrected chi connectivity index (χ4v) is 5.54. The maximum Gasteiger partial charge on any atom is 0.115 e. The Bertz CT molecular complexity index is 635. The Hall–Kier alpha value is -1.06. The standard InChI is InChI=1S/C20H29NO2/c1-4-20-9-10-21(13-19(23)7-8-19)17(18(20,2)3)11-14-5-6-15(22)12-16(14)20/h5-6,12,17,22-23H,4,7-11,13H2,1-3H3/t17-,20-/m0/s1. The highest BCUT2D eigenvalue weighted by Crippen LogP contribution is 2.58. The summed E-state index contributed by atoms with van der Waals surface area (Å²) in [5.41, 5.74) is 2.61. The minimum Gasteiger partial charge on any atom is -0.508 e. The molecule has 1 aromatic carbocycles. The molecule has 3 aliphatic rings. The van der Waals surface area contributed by atoms with Gasteiger partial charge in [0.05, 0.1) is 5.60 Å². The van der Waals surface area contributed by atoms with Crippen LogP contribution in [0.4, 0.5) is 0 Å². The molecule has 0 radical (unpaired) electrons. The number of aromatic hydroxyl groups is 1. The van der Waals surface area contributed by atoms with Gasteiger partial charge in [0.2, 0.25) is 0 Å². The quantitative estimate of drug-likeness (QED) is 0.900. The first-order valence-corrected chi connectivity index (χ1v) is 9.10. The van der Waals surface area contributed by atoms with Crippen LogP contribution in [0.25, 0.3) is 0 Å². The molecular formula is C20H29NO2. The number of fused-ring (bicyclic) bond motifs is 4. The number of hydrogen-bond donors (Lipinski definition) is 2. The summed E-state index contributed by atoms with van der Waals surface area (Å²) in [5.74, 6) is 0.389. The Morgan fingerprint density at radius 2 is 1.96 bits per heavy atom. The van der Waals surface area contributed by atoms with E-state index in [-0.39, 0.29) is 10.8 Å². The third-order valence-electron chi connectivity index (χ3n) is 7.28. The average Bonchev–Trinajstić information content (AvgIpc) is 3.21. The molecule has 1 saturated carbocycles. The number of likely N-dealkylation sites (tertiary alicyclic amines) is 1. The highest BCUT2D eigenvalue weighted by Gasteiger charge is 2.58. The van der Waals surface area contributed by atoms with E-state index in [1.165, 1.54) is 11.1 Å². The zero-order chi connectivity index (χ0) is 16.5.